The molecule has 0 saturated heterocycles. The minimum atomic E-state index is -0.280. The van der Waals surface area contributed by atoms with E-state index in [-0.39, 0.29) is 5.91 Å². The normalized spacial score (nSPS) is 10.2. The van der Waals surface area contributed by atoms with E-state index in [9.17, 15) is 4.79 Å². The number of amides is 1. The molecule has 0 unspecified atom stereocenters. The first-order valence-corrected chi connectivity index (χ1v) is 5.69. The number of hydrazine groups is 1. The van der Waals surface area contributed by atoms with Crippen molar-refractivity contribution in [1.29, 1.82) is 0 Å². The molecule has 0 aliphatic heterocycles. The Bertz CT molecular complexity index is 568. The summed E-state index contributed by atoms with van der Waals surface area (Å²) >= 11 is 0. The molecule has 0 aromatic carbocycles. The standard InChI is InChI=1S/C11H14N6O2/c1-7-15-10(17-19-7)3-5-14-11(18)9-6-8(16-12)2-4-13-9/h2,4,6H,3,5,12H2,1H3,(H,13,16)(H,14,18). The molecule has 19 heavy (non-hydrogen) atoms. The summed E-state index contributed by atoms with van der Waals surface area (Å²) in [6, 6.07) is 3.23. The molecular weight excluding hydrogens is 248 g/mol. The number of nitrogens with zero attached hydrogens (tertiary/aromatic N) is 3. The molecule has 100 valence electrons. The molecule has 0 fully saturated rings. The number of hydrogen-bond acceptors (Lipinski definition) is 7. The molecule has 0 aliphatic carbocycles. The van der Waals surface area contributed by atoms with Crippen molar-refractivity contribution >= 4 is 11.6 Å². The van der Waals surface area contributed by atoms with Gasteiger partial charge >= 0.3 is 0 Å². The van der Waals surface area contributed by atoms with Crippen molar-refractivity contribution in [3.63, 3.8) is 0 Å². The van der Waals surface area contributed by atoms with Crippen molar-refractivity contribution < 1.29 is 9.32 Å². The number of hydrogen-bond donors (Lipinski definition) is 3. The molecule has 0 spiro atoms. The lowest BCUT2D eigenvalue weighted by atomic mass is 10.3. The van der Waals surface area contributed by atoms with Crippen LogP contribution in [0.4, 0.5) is 5.69 Å². The molecule has 1 amide bonds. The number of carbonyl (C=O) groups is 1. The molecule has 8 nitrogen and oxygen atoms in total. The zero-order chi connectivity index (χ0) is 13.7. The molecule has 2 heterocycles. The van der Waals surface area contributed by atoms with Crippen LogP contribution in [0.2, 0.25) is 0 Å². The van der Waals surface area contributed by atoms with Gasteiger partial charge < -0.3 is 15.3 Å². The largest absolute Gasteiger partial charge is 0.350 e. The second-order valence-electron chi connectivity index (χ2n) is 3.81. The summed E-state index contributed by atoms with van der Waals surface area (Å²) in [6.07, 6.45) is 2.00. The van der Waals surface area contributed by atoms with E-state index < -0.39 is 0 Å². The van der Waals surface area contributed by atoms with E-state index in [0.29, 0.717) is 36.1 Å². The number of nitrogens with one attached hydrogen (secondary N) is 2. The van der Waals surface area contributed by atoms with Gasteiger partial charge in [-0.25, -0.2) is 0 Å². The third-order valence-corrected chi connectivity index (χ3v) is 2.36. The van der Waals surface area contributed by atoms with E-state index in [2.05, 4.69) is 25.9 Å². The summed E-state index contributed by atoms with van der Waals surface area (Å²) < 4.78 is 4.83. The Kier molecular flexibility index (Phi) is 4.04. The highest BCUT2D eigenvalue weighted by molar-refractivity contribution is 5.93. The average molecular weight is 262 g/mol. The van der Waals surface area contributed by atoms with Gasteiger partial charge in [-0.05, 0) is 12.1 Å². The Morgan fingerprint density at radius 1 is 1.53 bits per heavy atom. The van der Waals surface area contributed by atoms with Crippen LogP contribution in [0.5, 0.6) is 0 Å². The summed E-state index contributed by atoms with van der Waals surface area (Å²) in [5, 5.41) is 6.45. The van der Waals surface area contributed by atoms with Gasteiger partial charge in [-0.1, -0.05) is 5.16 Å². The minimum Gasteiger partial charge on any atom is -0.350 e. The second-order valence-corrected chi connectivity index (χ2v) is 3.81. The lowest BCUT2D eigenvalue weighted by molar-refractivity contribution is 0.0949. The van der Waals surface area contributed by atoms with Crippen LogP contribution in [0.15, 0.2) is 22.9 Å². The second kappa shape index (κ2) is 5.91. The fourth-order valence-electron chi connectivity index (χ4n) is 1.47. The molecule has 0 atom stereocenters. The maximum Gasteiger partial charge on any atom is 0.269 e. The molecule has 0 bridgehead atoms. The van der Waals surface area contributed by atoms with Crippen molar-refractivity contribution in [2.75, 3.05) is 12.0 Å². The first-order valence-electron chi connectivity index (χ1n) is 5.69. The Labute approximate surface area is 109 Å². The number of nitrogens with two attached hydrogens (primary N) is 1. The van der Waals surface area contributed by atoms with Crippen LogP contribution in [0.1, 0.15) is 22.2 Å². The van der Waals surface area contributed by atoms with Gasteiger partial charge in [0.2, 0.25) is 5.89 Å². The summed E-state index contributed by atoms with van der Waals surface area (Å²) in [5.74, 6) is 6.04. The van der Waals surface area contributed by atoms with E-state index in [1.54, 1.807) is 19.1 Å². The molecule has 0 radical (unpaired) electrons. The first-order chi connectivity index (χ1) is 9.19. The SMILES string of the molecule is Cc1nc(CCNC(=O)c2cc(NN)ccn2)no1. The quantitative estimate of drug-likeness (QED) is 0.513. The number of carbonyl (C=O) groups excluding carboxylic acids is 1. The monoisotopic (exact) mass is 262 g/mol. The van der Waals surface area contributed by atoms with Crippen LogP contribution in [0.3, 0.4) is 0 Å². The lowest BCUT2D eigenvalue weighted by Gasteiger charge is -2.04. The number of aryl methyl sites for hydroxylation is 1. The Morgan fingerprint density at radius 3 is 3.05 bits per heavy atom. The van der Waals surface area contributed by atoms with Crippen LogP contribution in [-0.4, -0.2) is 27.6 Å². The fraction of sp³-hybridized carbons (Fsp3) is 0.273. The number of aromatic nitrogens is 3. The van der Waals surface area contributed by atoms with Gasteiger partial charge in [-0.15, -0.1) is 0 Å². The molecule has 8 heteroatoms. The number of nitrogen functional groups attached to an aromatic ring is 1. The van der Waals surface area contributed by atoms with Gasteiger partial charge in [0.1, 0.15) is 5.69 Å². The molecule has 2 aromatic rings. The van der Waals surface area contributed by atoms with Crippen molar-refractivity contribution in [2.45, 2.75) is 13.3 Å². The Balaban J connectivity index is 1.87. The highest BCUT2D eigenvalue weighted by Gasteiger charge is 2.08. The van der Waals surface area contributed by atoms with Crippen molar-refractivity contribution in [2.24, 2.45) is 5.84 Å². The molecular formula is C11H14N6O2. The van der Waals surface area contributed by atoms with Crippen LogP contribution in [0.25, 0.3) is 0 Å². The predicted octanol–water partition coefficient (Wildman–Crippen LogP) is 0.0311. The lowest BCUT2D eigenvalue weighted by Crippen LogP contribution is -2.27. The van der Waals surface area contributed by atoms with Crippen LogP contribution in [-0.2, 0) is 6.42 Å². The third-order valence-electron chi connectivity index (χ3n) is 2.36. The van der Waals surface area contributed by atoms with Crippen LogP contribution < -0.4 is 16.6 Å². The molecule has 0 aliphatic rings. The molecule has 2 aromatic heterocycles. The number of anilines is 1. The highest BCUT2D eigenvalue weighted by Crippen LogP contribution is 2.05. The highest BCUT2D eigenvalue weighted by atomic mass is 16.5. The maximum absolute atomic E-state index is 11.8. The fourth-order valence-corrected chi connectivity index (χ4v) is 1.47. The topological polar surface area (TPSA) is 119 Å². The van der Waals surface area contributed by atoms with Crippen LogP contribution in [0, 0.1) is 6.92 Å². The van der Waals surface area contributed by atoms with E-state index in [1.165, 1.54) is 6.20 Å². The Hall–Kier alpha value is -2.48. The van der Waals surface area contributed by atoms with E-state index in [4.69, 9.17) is 10.4 Å². The summed E-state index contributed by atoms with van der Waals surface area (Å²) in [4.78, 5) is 19.8. The summed E-state index contributed by atoms with van der Waals surface area (Å²) in [7, 11) is 0. The molecule has 2 rings (SSSR count). The Morgan fingerprint density at radius 2 is 2.37 bits per heavy atom. The first kappa shape index (κ1) is 13.0. The van der Waals surface area contributed by atoms with Crippen LogP contribution >= 0.6 is 0 Å². The van der Waals surface area contributed by atoms with Gasteiger partial charge in [0.25, 0.3) is 5.91 Å². The zero-order valence-corrected chi connectivity index (χ0v) is 10.4. The minimum absolute atomic E-state index is 0.280. The molecule has 0 saturated carbocycles. The van der Waals surface area contributed by atoms with Gasteiger partial charge in [0.15, 0.2) is 5.82 Å². The van der Waals surface area contributed by atoms with E-state index in [0.717, 1.165) is 0 Å². The predicted molar refractivity (Wildman–Crippen MR) is 67.1 cm³/mol. The van der Waals surface area contributed by atoms with Crippen molar-refractivity contribution in [3.05, 3.63) is 35.7 Å². The average Bonchev–Trinajstić information content (AvgIpc) is 2.84. The number of rotatable bonds is 5. The summed E-state index contributed by atoms with van der Waals surface area (Å²) in [5.41, 5.74) is 3.37. The maximum atomic E-state index is 11.8. The van der Waals surface area contributed by atoms with E-state index >= 15 is 0 Å². The summed E-state index contributed by atoms with van der Waals surface area (Å²) in [6.45, 7) is 2.12. The van der Waals surface area contributed by atoms with Gasteiger partial charge in [-0.3, -0.25) is 15.6 Å². The number of pyridine rings is 1. The van der Waals surface area contributed by atoms with E-state index in [1.807, 2.05) is 0 Å². The third kappa shape index (κ3) is 3.49. The molecule has 4 N–H and O–H groups in total. The zero-order valence-electron chi connectivity index (χ0n) is 10.4. The van der Waals surface area contributed by atoms with Gasteiger partial charge in [-0.2, -0.15) is 4.98 Å². The van der Waals surface area contributed by atoms with Crippen molar-refractivity contribution in [1.82, 2.24) is 20.4 Å². The smallest absolute Gasteiger partial charge is 0.269 e. The van der Waals surface area contributed by atoms with Gasteiger partial charge in [0, 0.05) is 26.1 Å². The van der Waals surface area contributed by atoms with Crippen molar-refractivity contribution in [3.8, 4) is 0 Å². The van der Waals surface area contributed by atoms with Gasteiger partial charge in [0.05, 0.1) is 5.69 Å².